The maximum Gasteiger partial charge on any atom is 0.421 e. The average molecular weight is 266 g/mol. The molecule has 0 heterocycles. The van der Waals surface area contributed by atoms with Crippen molar-refractivity contribution in [3.8, 4) is 0 Å². The van der Waals surface area contributed by atoms with E-state index < -0.39 is 35.0 Å². The van der Waals surface area contributed by atoms with E-state index in [0.29, 0.717) is 0 Å². The van der Waals surface area contributed by atoms with Crippen LogP contribution in [-0.2, 0) is 0 Å². The second-order valence-electron chi connectivity index (χ2n) is 2.38. The third-order valence-electron chi connectivity index (χ3n) is 1.50. The molecule has 0 aliphatic rings. The Hall–Kier alpha value is -0.280. The van der Waals surface area contributed by atoms with Crippen LogP contribution < -0.4 is 0 Å². The lowest BCUT2D eigenvalue weighted by atomic mass is 10.1. The van der Waals surface area contributed by atoms with Gasteiger partial charge in [0.05, 0.1) is 0 Å². The van der Waals surface area contributed by atoms with Crippen molar-refractivity contribution in [1.29, 1.82) is 0 Å². The van der Waals surface area contributed by atoms with E-state index in [1.54, 1.807) is 0 Å². The predicted octanol–water partition coefficient (Wildman–Crippen LogP) is 3.78. The van der Waals surface area contributed by atoms with E-state index >= 15 is 0 Å². The van der Waals surface area contributed by atoms with Crippen LogP contribution in [0.2, 0.25) is 0 Å². The van der Waals surface area contributed by atoms with Gasteiger partial charge in [0.1, 0.15) is 0 Å². The van der Waals surface area contributed by atoms with Gasteiger partial charge in [0.25, 0.3) is 0 Å². The zero-order valence-corrected chi connectivity index (χ0v) is 7.63. The highest BCUT2D eigenvalue weighted by Gasteiger charge is 2.83. The van der Waals surface area contributed by atoms with Crippen LogP contribution in [0, 0.1) is 0 Å². The van der Waals surface area contributed by atoms with Gasteiger partial charge in [-0.1, -0.05) is 0 Å². The first-order valence-corrected chi connectivity index (χ1v) is 4.29. The quantitative estimate of drug-likeness (QED) is 0.651. The van der Waals surface area contributed by atoms with E-state index in [2.05, 4.69) is 0 Å². The molecule has 10 heteroatoms. The average Bonchev–Trinajstić information content (AvgIpc) is 1.76. The summed E-state index contributed by atoms with van der Waals surface area (Å²) < 4.78 is 101. The summed E-state index contributed by atoms with van der Waals surface area (Å²) in [5, 5.41) is 0. The zero-order chi connectivity index (χ0) is 12.7. The summed E-state index contributed by atoms with van der Waals surface area (Å²) in [6, 6.07) is 0. The van der Waals surface area contributed by atoms with Gasteiger partial charge in [0.15, 0.2) is 0 Å². The summed E-state index contributed by atoms with van der Waals surface area (Å²) in [6.07, 6.45) is -19.3. The number of alkyl halides is 9. The Labute approximate surface area is 81.8 Å². The molecule has 0 spiro atoms. The summed E-state index contributed by atoms with van der Waals surface area (Å²) in [7, 11) is 0. The Morgan fingerprint density at radius 2 is 0.800 bits per heavy atom. The van der Waals surface area contributed by atoms with Crippen molar-refractivity contribution >= 4 is 11.8 Å². The molecule has 0 N–H and O–H groups in total. The minimum Gasteiger partial charge on any atom is -0.169 e. The third kappa shape index (κ3) is 2.13. The molecular formula is C5H3F9S. The van der Waals surface area contributed by atoms with E-state index in [1.165, 1.54) is 0 Å². The highest BCUT2D eigenvalue weighted by atomic mass is 32.2. The molecule has 0 rings (SSSR count). The summed E-state index contributed by atoms with van der Waals surface area (Å²) in [4.78, 5) is 0. The van der Waals surface area contributed by atoms with Crippen molar-refractivity contribution in [3.05, 3.63) is 0 Å². The molecular weight excluding hydrogens is 263 g/mol. The molecule has 0 aromatic heterocycles. The fraction of sp³-hybridized carbons (Fsp3) is 1.00. The van der Waals surface area contributed by atoms with Gasteiger partial charge in [-0.25, -0.2) is 0 Å². The van der Waals surface area contributed by atoms with Crippen molar-refractivity contribution in [2.75, 3.05) is 6.26 Å². The Balaban J connectivity index is 5.78. The zero-order valence-electron chi connectivity index (χ0n) is 6.81. The maximum absolute atomic E-state index is 11.9. The van der Waals surface area contributed by atoms with Crippen molar-refractivity contribution in [2.45, 2.75) is 23.3 Å². The van der Waals surface area contributed by atoms with E-state index in [4.69, 9.17) is 0 Å². The molecule has 0 radical (unpaired) electrons. The summed E-state index contributed by atoms with van der Waals surface area (Å²) in [5.74, 6) is 0. The minimum absolute atomic E-state index is 0.106. The van der Waals surface area contributed by atoms with Gasteiger partial charge >= 0.3 is 23.3 Å². The number of thioether (sulfide) groups is 1. The molecule has 0 aromatic rings. The molecule has 0 aromatic carbocycles. The molecule has 0 saturated heterocycles. The molecule has 0 saturated carbocycles. The Morgan fingerprint density at radius 1 is 0.600 bits per heavy atom. The second kappa shape index (κ2) is 3.63. The first-order chi connectivity index (χ1) is 6.31. The van der Waals surface area contributed by atoms with Crippen molar-refractivity contribution in [1.82, 2.24) is 0 Å². The van der Waals surface area contributed by atoms with Crippen molar-refractivity contribution in [2.24, 2.45) is 0 Å². The first kappa shape index (κ1) is 14.7. The number of hydrogen-bond acceptors (Lipinski definition) is 1. The molecule has 0 amide bonds. The maximum atomic E-state index is 11.9. The molecule has 15 heavy (non-hydrogen) atoms. The van der Waals surface area contributed by atoms with Gasteiger partial charge in [-0.3, -0.25) is 0 Å². The number of halogens is 9. The lowest BCUT2D eigenvalue weighted by molar-refractivity contribution is -0.344. The Kier molecular flexibility index (Phi) is 3.56. The van der Waals surface area contributed by atoms with Gasteiger partial charge in [0.2, 0.25) is 0 Å². The Morgan fingerprint density at radius 3 is 0.800 bits per heavy atom. The fourth-order valence-corrected chi connectivity index (χ4v) is 1.52. The molecule has 92 valence electrons. The lowest BCUT2D eigenvalue weighted by Gasteiger charge is -2.36. The molecule has 0 unspecified atom stereocenters. The summed E-state index contributed by atoms with van der Waals surface area (Å²) >= 11 is -1.34. The molecule has 0 bridgehead atoms. The molecule has 0 fully saturated rings. The molecule has 0 aliphatic carbocycles. The van der Waals surface area contributed by atoms with Gasteiger partial charge in [0, 0.05) is 0 Å². The lowest BCUT2D eigenvalue weighted by Crippen LogP contribution is -2.63. The van der Waals surface area contributed by atoms with Crippen molar-refractivity contribution in [3.63, 3.8) is 0 Å². The topological polar surface area (TPSA) is 0 Å². The first-order valence-electron chi connectivity index (χ1n) is 3.06. The summed E-state index contributed by atoms with van der Waals surface area (Å²) in [6.45, 7) is 0. The van der Waals surface area contributed by atoms with E-state index in [-0.39, 0.29) is 6.26 Å². The smallest absolute Gasteiger partial charge is 0.169 e. The third-order valence-corrected chi connectivity index (χ3v) is 2.81. The predicted molar refractivity (Wildman–Crippen MR) is 34.4 cm³/mol. The number of rotatable bonds is 1. The van der Waals surface area contributed by atoms with Crippen LogP contribution in [0.15, 0.2) is 0 Å². The van der Waals surface area contributed by atoms with E-state index in [0.717, 1.165) is 0 Å². The van der Waals surface area contributed by atoms with Crippen LogP contribution in [0.3, 0.4) is 0 Å². The van der Waals surface area contributed by atoms with Crippen LogP contribution in [0.5, 0.6) is 0 Å². The van der Waals surface area contributed by atoms with Crippen LogP contribution in [0.1, 0.15) is 0 Å². The molecule has 0 aliphatic heterocycles. The largest absolute Gasteiger partial charge is 0.421 e. The SMILES string of the molecule is CSC(C(F)(F)F)(C(F)(F)F)C(F)(F)F. The van der Waals surface area contributed by atoms with Gasteiger partial charge in [-0.2, -0.15) is 39.5 Å². The van der Waals surface area contributed by atoms with E-state index in [1.807, 2.05) is 0 Å². The fourth-order valence-electron chi connectivity index (χ4n) is 0.829. The second-order valence-corrected chi connectivity index (χ2v) is 3.40. The highest BCUT2D eigenvalue weighted by molar-refractivity contribution is 8.00. The minimum atomic E-state index is -6.46. The van der Waals surface area contributed by atoms with Crippen molar-refractivity contribution < 1.29 is 39.5 Å². The van der Waals surface area contributed by atoms with Gasteiger partial charge in [-0.15, -0.1) is 11.8 Å². The standard InChI is InChI=1S/C5H3F9S/c1-15-2(3(6,7)8,4(9,10)11)5(12,13)14/h1H3. The highest BCUT2D eigenvalue weighted by Crippen LogP contribution is 2.59. The van der Waals surface area contributed by atoms with E-state index in [9.17, 15) is 39.5 Å². The molecule has 0 nitrogen and oxygen atoms in total. The number of hydrogen-bond donors (Lipinski definition) is 0. The van der Waals surface area contributed by atoms with Gasteiger partial charge in [-0.05, 0) is 6.26 Å². The Bertz CT molecular complexity index is 184. The normalized spacial score (nSPS) is 15.6. The van der Waals surface area contributed by atoms with Crippen LogP contribution >= 0.6 is 11.8 Å². The van der Waals surface area contributed by atoms with Gasteiger partial charge < -0.3 is 0 Å². The summed E-state index contributed by atoms with van der Waals surface area (Å²) in [5.41, 5.74) is 0. The van der Waals surface area contributed by atoms with Crippen LogP contribution in [0.4, 0.5) is 39.5 Å². The molecule has 0 atom stereocenters. The van der Waals surface area contributed by atoms with Crippen LogP contribution in [0.25, 0.3) is 0 Å². The van der Waals surface area contributed by atoms with Crippen LogP contribution in [-0.4, -0.2) is 29.5 Å². The monoisotopic (exact) mass is 266 g/mol.